The van der Waals surface area contributed by atoms with Crippen LogP contribution in [0.25, 0.3) is 0 Å². The maximum atomic E-state index is 12.5. The van der Waals surface area contributed by atoms with E-state index in [1.165, 1.54) is 4.31 Å². The molecule has 1 aromatic carbocycles. The smallest absolute Gasteiger partial charge is 0.207 e. The average molecular weight is 332 g/mol. The van der Waals surface area contributed by atoms with Crippen molar-refractivity contribution in [2.45, 2.75) is 25.2 Å². The Morgan fingerprint density at radius 3 is 2.67 bits per heavy atom. The van der Waals surface area contributed by atoms with Crippen molar-refractivity contribution >= 4 is 26.0 Å². The van der Waals surface area contributed by atoms with Crippen molar-refractivity contribution in [2.75, 3.05) is 13.1 Å². The lowest BCUT2D eigenvalue weighted by Gasteiger charge is -2.21. The summed E-state index contributed by atoms with van der Waals surface area (Å²) in [4.78, 5) is 0.354. The Morgan fingerprint density at radius 1 is 1.44 bits per heavy atom. The summed E-state index contributed by atoms with van der Waals surface area (Å²) < 4.78 is 27.3. The molecular formula is C13H18BrNO2S. The van der Waals surface area contributed by atoms with Gasteiger partial charge in [0.15, 0.2) is 0 Å². The Bertz CT molecular complexity index is 526. The Labute approximate surface area is 118 Å². The minimum atomic E-state index is -3.45. The maximum absolute atomic E-state index is 12.5. The normalized spacial score (nSPS) is 11.8. The van der Waals surface area contributed by atoms with Crippen molar-refractivity contribution in [3.8, 4) is 0 Å². The summed E-state index contributed by atoms with van der Waals surface area (Å²) in [6.45, 7) is 8.21. The molecule has 5 heteroatoms. The lowest BCUT2D eigenvalue weighted by atomic mass is 10.2. The Hall–Kier alpha value is -0.650. The summed E-state index contributed by atoms with van der Waals surface area (Å²) in [7, 11) is -3.45. The van der Waals surface area contributed by atoms with E-state index in [1.807, 2.05) is 13.0 Å². The van der Waals surface area contributed by atoms with Gasteiger partial charge in [-0.3, -0.25) is 0 Å². The van der Waals surface area contributed by atoms with Crippen LogP contribution in [0.4, 0.5) is 0 Å². The van der Waals surface area contributed by atoms with Crippen molar-refractivity contribution in [1.82, 2.24) is 4.31 Å². The largest absolute Gasteiger partial charge is 0.243 e. The lowest BCUT2D eigenvalue weighted by molar-refractivity contribution is 0.441. The molecule has 0 radical (unpaired) electrons. The Kier molecular flexibility index (Phi) is 5.56. The summed E-state index contributed by atoms with van der Waals surface area (Å²) in [6, 6.07) is 5.29. The Balaban J connectivity index is 3.25. The number of rotatable bonds is 6. The van der Waals surface area contributed by atoms with Gasteiger partial charge in [0.25, 0.3) is 0 Å². The van der Waals surface area contributed by atoms with Crippen LogP contribution in [-0.2, 0) is 10.0 Å². The van der Waals surface area contributed by atoms with E-state index in [2.05, 4.69) is 22.5 Å². The van der Waals surface area contributed by atoms with Crippen molar-refractivity contribution in [3.05, 3.63) is 40.9 Å². The molecule has 0 aromatic heterocycles. The minimum Gasteiger partial charge on any atom is -0.207 e. The molecule has 0 heterocycles. The molecule has 0 atom stereocenters. The van der Waals surface area contributed by atoms with E-state index in [1.54, 1.807) is 25.1 Å². The number of halogens is 1. The number of nitrogens with zero attached hydrogens (tertiary/aromatic N) is 1. The highest BCUT2D eigenvalue weighted by atomic mass is 79.9. The number of sulfonamides is 1. The monoisotopic (exact) mass is 331 g/mol. The van der Waals surface area contributed by atoms with Gasteiger partial charge in [-0.1, -0.05) is 35.0 Å². The highest BCUT2D eigenvalue weighted by Crippen LogP contribution is 2.24. The van der Waals surface area contributed by atoms with Gasteiger partial charge in [0.05, 0.1) is 4.90 Å². The standard InChI is InChI=1S/C13H18BrNO2S/c1-4-8-15(9-5-2)18(16,17)13-10-12(14)7-6-11(13)3/h4,6-7,10H,1,5,8-9H2,2-3H3. The second-order valence-corrected chi connectivity index (χ2v) is 6.88. The molecular weight excluding hydrogens is 314 g/mol. The van der Waals surface area contributed by atoms with Crippen molar-refractivity contribution in [2.24, 2.45) is 0 Å². The van der Waals surface area contributed by atoms with Crippen LogP contribution in [0.5, 0.6) is 0 Å². The van der Waals surface area contributed by atoms with Gasteiger partial charge in [-0.15, -0.1) is 6.58 Å². The fraction of sp³-hybridized carbons (Fsp3) is 0.385. The fourth-order valence-corrected chi connectivity index (χ4v) is 3.96. The molecule has 0 amide bonds. The average Bonchev–Trinajstić information content (AvgIpc) is 2.32. The molecule has 0 aliphatic carbocycles. The summed E-state index contributed by atoms with van der Waals surface area (Å²) >= 11 is 3.31. The van der Waals surface area contributed by atoms with Crippen LogP contribution in [0.15, 0.2) is 40.2 Å². The third kappa shape index (κ3) is 3.43. The summed E-state index contributed by atoms with van der Waals surface area (Å²) in [5.41, 5.74) is 0.753. The van der Waals surface area contributed by atoms with E-state index in [4.69, 9.17) is 0 Å². The molecule has 1 rings (SSSR count). The molecule has 0 N–H and O–H groups in total. The summed E-state index contributed by atoms with van der Waals surface area (Å²) in [6.07, 6.45) is 2.39. The van der Waals surface area contributed by atoms with E-state index in [9.17, 15) is 8.42 Å². The number of aryl methyl sites for hydroxylation is 1. The van der Waals surface area contributed by atoms with Crippen LogP contribution in [0.1, 0.15) is 18.9 Å². The molecule has 0 saturated heterocycles. The first-order valence-electron chi connectivity index (χ1n) is 5.80. The third-order valence-corrected chi connectivity index (χ3v) is 5.07. The van der Waals surface area contributed by atoms with Crippen LogP contribution < -0.4 is 0 Å². The first kappa shape index (κ1) is 15.4. The molecule has 0 unspecified atom stereocenters. The SMILES string of the molecule is C=CCN(CCC)S(=O)(=O)c1cc(Br)ccc1C. The summed E-state index contributed by atoms with van der Waals surface area (Å²) in [5, 5.41) is 0. The zero-order valence-corrected chi connectivity index (χ0v) is 13.1. The maximum Gasteiger partial charge on any atom is 0.243 e. The highest BCUT2D eigenvalue weighted by molar-refractivity contribution is 9.10. The molecule has 100 valence electrons. The molecule has 0 bridgehead atoms. The second-order valence-electron chi connectivity index (χ2n) is 4.06. The van der Waals surface area contributed by atoms with Crippen LogP contribution in [-0.4, -0.2) is 25.8 Å². The molecule has 0 spiro atoms. The van der Waals surface area contributed by atoms with Crippen molar-refractivity contribution in [1.29, 1.82) is 0 Å². The zero-order valence-electron chi connectivity index (χ0n) is 10.7. The third-order valence-electron chi connectivity index (χ3n) is 2.57. The van der Waals surface area contributed by atoms with Gasteiger partial charge < -0.3 is 0 Å². The van der Waals surface area contributed by atoms with Crippen LogP contribution in [0.3, 0.4) is 0 Å². The molecule has 0 aliphatic rings. The van der Waals surface area contributed by atoms with Gasteiger partial charge in [-0.2, -0.15) is 4.31 Å². The first-order valence-corrected chi connectivity index (χ1v) is 8.04. The number of hydrogen-bond donors (Lipinski definition) is 0. The van der Waals surface area contributed by atoms with Gasteiger partial charge in [-0.25, -0.2) is 8.42 Å². The van der Waals surface area contributed by atoms with Crippen LogP contribution >= 0.6 is 15.9 Å². The van der Waals surface area contributed by atoms with Gasteiger partial charge in [-0.05, 0) is 31.0 Å². The van der Waals surface area contributed by atoms with E-state index in [-0.39, 0.29) is 0 Å². The zero-order chi connectivity index (χ0) is 13.8. The van der Waals surface area contributed by atoms with E-state index in [0.717, 1.165) is 16.5 Å². The molecule has 0 fully saturated rings. The molecule has 1 aromatic rings. The van der Waals surface area contributed by atoms with E-state index in [0.29, 0.717) is 18.0 Å². The molecule has 0 saturated carbocycles. The van der Waals surface area contributed by atoms with E-state index >= 15 is 0 Å². The van der Waals surface area contributed by atoms with Gasteiger partial charge in [0, 0.05) is 17.6 Å². The number of benzene rings is 1. The quantitative estimate of drug-likeness (QED) is 0.749. The topological polar surface area (TPSA) is 37.4 Å². The van der Waals surface area contributed by atoms with Crippen molar-refractivity contribution < 1.29 is 8.42 Å². The van der Waals surface area contributed by atoms with Crippen LogP contribution in [0, 0.1) is 6.92 Å². The van der Waals surface area contributed by atoms with Gasteiger partial charge in [0.1, 0.15) is 0 Å². The lowest BCUT2D eigenvalue weighted by Crippen LogP contribution is -2.32. The molecule has 3 nitrogen and oxygen atoms in total. The molecule has 18 heavy (non-hydrogen) atoms. The minimum absolute atomic E-state index is 0.335. The van der Waals surface area contributed by atoms with Crippen LogP contribution in [0.2, 0.25) is 0 Å². The fourth-order valence-electron chi connectivity index (χ4n) is 1.69. The first-order chi connectivity index (χ1) is 8.43. The molecule has 0 aliphatic heterocycles. The Morgan fingerprint density at radius 2 is 2.11 bits per heavy atom. The van der Waals surface area contributed by atoms with Gasteiger partial charge in [0.2, 0.25) is 10.0 Å². The highest BCUT2D eigenvalue weighted by Gasteiger charge is 2.24. The number of hydrogen-bond acceptors (Lipinski definition) is 2. The predicted octanol–water partition coefficient (Wildman–Crippen LogP) is 3.34. The van der Waals surface area contributed by atoms with Gasteiger partial charge >= 0.3 is 0 Å². The predicted molar refractivity (Wildman–Crippen MR) is 78.1 cm³/mol. The van der Waals surface area contributed by atoms with Crippen molar-refractivity contribution in [3.63, 3.8) is 0 Å². The van der Waals surface area contributed by atoms with E-state index < -0.39 is 10.0 Å². The summed E-state index contributed by atoms with van der Waals surface area (Å²) in [5.74, 6) is 0. The second kappa shape index (κ2) is 6.50.